The summed E-state index contributed by atoms with van der Waals surface area (Å²) in [6.45, 7) is 3.95. The first-order chi connectivity index (χ1) is 14.5. The molecule has 30 heavy (non-hydrogen) atoms. The highest BCUT2D eigenvalue weighted by Crippen LogP contribution is 2.34. The molecule has 0 unspecified atom stereocenters. The van der Waals surface area contributed by atoms with Crippen LogP contribution in [0.1, 0.15) is 37.3 Å². The predicted octanol–water partition coefficient (Wildman–Crippen LogP) is 3.15. The van der Waals surface area contributed by atoms with Gasteiger partial charge in [-0.25, -0.2) is 14.4 Å². The van der Waals surface area contributed by atoms with Crippen molar-refractivity contribution in [2.45, 2.75) is 31.6 Å². The van der Waals surface area contributed by atoms with E-state index in [1.807, 2.05) is 30.0 Å². The minimum absolute atomic E-state index is 0.185. The van der Waals surface area contributed by atoms with Gasteiger partial charge >= 0.3 is 0 Å². The zero-order valence-corrected chi connectivity index (χ0v) is 17.9. The lowest BCUT2D eigenvalue weighted by molar-refractivity contribution is -0.131. The average molecular weight is 412 g/mol. The first-order valence-corrected chi connectivity index (χ1v) is 10.8. The van der Waals surface area contributed by atoms with Crippen molar-refractivity contribution in [3.05, 3.63) is 42.0 Å². The molecule has 0 radical (unpaired) electrons. The molecule has 1 amide bonds. The molecule has 1 aromatic heterocycles. The van der Waals surface area contributed by atoms with Crippen LogP contribution < -0.4 is 4.90 Å². The number of hydrogen-bond donors (Lipinski definition) is 0. The van der Waals surface area contributed by atoms with Crippen molar-refractivity contribution in [3.8, 4) is 11.1 Å². The molecule has 0 spiro atoms. The topological polar surface area (TPSA) is 52.6 Å². The van der Waals surface area contributed by atoms with E-state index in [0.29, 0.717) is 12.5 Å². The molecule has 2 aromatic rings. The number of likely N-dealkylation sites (tertiary alicyclic amines) is 2. The van der Waals surface area contributed by atoms with Crippen LogP contribution in [0, 0.1) is 5.82 Å². The first kappa shape index (κ1) is 20.7. The first-order valence-electron chi connectivity index (χ1n) is 10.8. The maximum Gasteiger partial charge on any atom is 0.236 e. The summed E-state index contributed by atoms with van der Waals surface area (Å²) < 4.78 is 13.9. The predicted molar refractivity (Wildman–Crippen MR) is 116 cm³/mol. The third kappa shape index (κ3) is 4.61. The molecule has 3 heterocycles. The summed E-state index contributed by atoms with van der Waals surface area (Å²) in [6, 6.07) is 6.61. The van der Waals surface area contributed by atoms with E-state index in [0.717, 1.165) is 68.7 Å². The fraction of sp³-hybridized carbons (Fsp3) is 0.522. The van der Waals surface area contributed by atoms with Crippen LogP contribution in [0.15, 0.2) is 30.5 Å². The van der Waals surface area contributed by atoms with Crippen LogP contribution in [0.3, 0.4) is 0 Å². The molecule has 0 aliphatic carbocycles. The van der Waals surface area contributed by atoms with E-state index in [-0.39, 0.29) is 17.6 Å². The Morgan fingerprint density at radius 1 is 1.20 bits per heavy atom. The number of rotatable bonds is 5. The Balaban J connectivity index is 1.59. The minimum atomic E-state index is -0.267. The Morgan fingerprint density at radius 3 is 2.73 bits per heavy atom. The zero-order chi connectivity index (χ0) is 21.1. The normalized spacial score (nSPS) is 19.8. The van der Waals surface area contributed by atoms with Gasteiger partial charge in [-0.1, -0.05) is 12.1 Å². The van der Waals surface area contributed by atoms with Crippen molar-refractivity contribution in [2.24, 2.45) is 0 Å². The number of nitrogens with zero attached hydrogens (tertiary/aromatic N) is 5. The minimum Gasteiger partial charge on any atom is -0.347 e. The van der Waals surface area contributed by atoms with Gasteiger partial charge in [0.15, 0.2) is 0 Å². The van der Waals surface area contributed by atoms with Crippen molar-refractivity contribution >= 4 is 11.9 Å². The number of aromatic nitrogens is 2. The van der Waals surface area contributed by atoms with E-state index in [1.165, 1.54) is 12.1 Å². The second-order valence-corrected chi connectivity index (χ2v) is 8.54. The van der Waals surface area contributed by atoms with E-state index in [1.54, 1.807) is 12.3 Å². The van der Waals surface area contributed by atoms with E-state index in [9.17, 15) is 9.18 Å². The molecule has 7 heteroatoms. The van der Waals surface area contributed by atoms with Crippen molar-refractivity contribution in [3.63, 3.8) is 0 Å². The van der Waals surface area contributed by atoms with E-state index < -0.39 is 0 Å². The van der Waals surface area contributed by atoms with E-state index >= 15 is 0 Å². The van der Waals surface area contributed by atoms with Gasteiger partial charge in [0.1, 0.15) is 5.82 Å². The van der Waals surface area contributed by atoms with Crippen LogP contribution in [0.25, 0.3) is 11.1 Å². The third-order valence-electron chi connectivity index (χ3n) is 6.05. The van der Waals surface area contributed by atoms with E-state index in [2.05, 4.69) is 9.88 Å². The summed E-state index contributed by atoms with van der Waals surface area (Å²) in [5, 5.41) is 0. The van der Waals surface area contributed by atoms with Crippen molar-refractivity contribution in [2.75, 3.05) is 51.7 Å². The Bertz CT molecular complexity index is 897. The molecular formula is C23H30FN5O. The van der Waals surface area contributed by atoms with Gasteiger partial charge in [0, 0.05) is 51.4 Å². The Labute approximate surface area is 177 Å². The summed E-state index contributed by atoms with van der Waals surface area (Å²) in [5.74, 6) is 0.798. The van der Waals surface area contributed by atoms with Crippen LogP contribution in [-0.2, 0) is 4.79 Å². The second kappa shape index (κ2) is 9.08. The molecule has 2 saturated heterocycles. The Kier molecular flexibility index (Phi) is 6.27. The van der Waals surface area contributed by atoms with Crippen molar-refractivity contribution in [1.29, 1.82) is 0 Å². The second-order valence-electron chi connectivity index (χ2n) is 8.54. The number of piperidine rings is 1. The highest BCUT2D eigenvalue weighted by atomic mass is 19.1. The van der Waals surface area contributed by atoms with Crippen molar-refractivity contribution < 1.29 is 9.18 Å². The molecule has 2 aliphatic heterocycles. The molecule has 1 atom stereocenters. The summed E-state index contributed by atoms with van der Waals surface area (Å²) in [5.41, 5.74) is 2.61. The largest absolute Gasteiger partial charge is 0.347 e. The lowest BCUT2D eigenvalue weighted by Gasteiger charge is -2.34. The van der Waals surface area contributed by atoms with Crippen molar-refractivity contribution in [1.82, 2.24) is 19.8 Å². The Morgan fingerprint density at radius 2 is 2.00 bits per heavy atom. The standard InChI is InChI=1S/C23H30FN5O/c1-27(2)23-25-14-20(17-7-5-9-19(24)13-17)22(26-23)18-8-6-10-28(15-18)16-21(30)29-11-3-4-12-29/h5,7,9,13-14,18H,3-4,6,8,10-12,15-16H2,1-2H3/t18-/m0/s1. The number of carbonyl (C=O) groups is 1. The van der Waals surface area contributed by atoms with Crippen LogP contribution in [-0.4, -0.2) is 72.5 Å². The average Bonchev–Trinajstić information content (AvgIpc) is 3.28. The highest BCUT2D eigenvalue weighted by molar-refractivity contribution is 5.78. The summed E-state index contributed by atoms with van der Waals surface area (Å²) in [6.07, 6.45) is 6.04. The molecule has 2 fully saturated rings. The highest BCUT2D eigenvalue weighted by Gasteiger charge is 2.28. The van der Waals surface area contributed by atoms with Crippen LogP contribution in [0.2, 0.25) is 0 Å². The molecule has 0 bridgehead atoms. The lowest BCUT2D eigenvalue weighted by Crippen LogP contribution is -2.43. The maximum absolute atomic E-state index is 13.9. The number of benzene rings is 1. The number of carbonyl (C=O) groups excluding carboxylic acids is 1. The smallest absolute Gasteiger partial charge is 0.236 e. The fourth-order valence-electron chi connectivity index (χ4n) is 4.47. The number of anilines is 1. The lowest BCUT2D eigenvalue weighted by atomic mass is 9.90. The zero-order valence-electron chi connectivity index (χ0n) is 17.9. The van der Waals surface area contributed by atoms with Gasteiger partial charge < -0.3 is 9.80 Å². The van der Waals surface area contributed by atoms with Gasteiger partial charge in [-0.05, 0) is 49.9 Å². The maximum atomic E-state index is 13.9. The molecule has 160 valence electrons. The van der Waals surface area contributed by atoms with Gasteiger partial charge in [-0.15, -0.1) is 0 Å². The van der Waals surface area contributed by atoms with Gasteiger partial charge in [0.2, 0.25) is 11.9 Å². The fourth-order valence-corrected chi connectivity index (χ4v) is 4.47. The Hall–Kier alpha value is -2.54. The number of amides is 1. The molecule has 0 N–H and O–H groups in total. The molecule has 6 nitrogen and oxygen atoms in total. The van der Waals surface area contributed by atoms with Crippen LogP contribution >= 0.6 is 0 Å². The summed E-state index contributed by atoms with van der Waals surface area (Å²) in [7, 11) is 3.84. The summed E-state index contributed by atoms with van der Waals surface area (Å²) >= 11 is 0. The monoisotopic (exact) mass is 411 g/mol. The van der Waals surface area contributed by atoms with Crippen LogP contribution in [0.5, 0.6) is 0 Å². The van der Waals surface area contributed by atoms with Gasteiger partial charge in [0.05, 0.1) is 12.2 Å². The molecule has 0 saturated carbocycles. The quantitative estimate of drug-likeness (QED) is 0.757. The SMILES string of the molecule is CN(C)c1ncc(-c2cccc(F)c2)c([C@H]2CCCN(CC(=O)N3CCCC3)C2)n1. The summed E-state index contributed by atoms with van der Waals surface area (Å²) in [4.78, 5) is 28.1. The number of halogens is 1. The van der Waals surface area contributed by atoms with Gasteiger partial charge in [-0.3, -0.25) is 9.69 Å². The van der Waals surface area contributed by atoms with Crippen LogP contribution in [0.4, 0.5) is 10.3 Å². The van der Waals surface area contributed by atoms with Gasteiger partial charge in [-0.2, -0.15) is 0 Å². The molecule has 1 aromatic carbocycles. The molecule has 4 rings (SSSR count). The third-order valence-corrected chi connectivity index (χ3v) is 6.05. The number of hydrogen-bond acceptors (Lipinski definition) is 5. The molecular weight excluding hydrogens is 381 g/mol. The molecule has 2 aliphatic rings. The van der Waals surface area contributed by atoms with Gasteiger partial charge in [0.25, 0.3) is 0 Å². The van der Waals surface area contributed by atoms with E-state index in [4.69, 9.17) is 4.98 Å².